The van der Waals surface area contributed by atoms with E-state index in [0.29, 0.717) is 55.4 Å². The van der Waals surface area contributed by atoms with Gasteiger partial charge in [-0.3, -0.25) is 4.79 Å². The first kappa shape index (κ1) is 37.1. The molecule has 0 saturated carbocycles. The summed E-state index contributed by atoms with van der Waals surface area (Å²) in [7, 11) is 1.28. The standard InChI is InChI=1S/C39H43Cl2FN4O7/c1-22-17-43(38(49)53-39(2,3)4)11-12-45(22)26-13-30(40)34(31(41)14-26)36(47)44-18-23-7-6-8-27(35(23)52-21-44)28-16-33(29(15-32(28)42)37(48)50-5)46-24-9-10-25(46)20-51-19-24/h6-8,13-16,22,24-25H,9-12,17-21H2,1-5H3/t22-,24?,25?/m1/s1. The number of ether oxygens (including phenoxy) is 4. The van der Waals surface area contributed by atoms with Gasteiger partial charge in [-0.25, -0.2) is 14.0 Å². The van der Waals surface area contributed by atoms with Crippen LogP contribution >= 0.6 is 23.2 Å². The molecule has 0 aromatic heterocycles. The van der Waals surface area contributed by atoms with Gasteiger partial charge in [0.15, 0.2) is 6.73 Å². The van der Waals surface area contributed by atoms with Crippen LogP contribution in [0.1, 0.15) is 66.8 Å². The number of benzene rings is 3. The fraction of sp³-hybridized carbons (Fsp3) is 0.462. The minimum absolute atomic E-state index is 0.0623. The summed E-state index contributed by atoms with van der Waals surface area (Å²) in [5.41, 5.74) is 2.51. The molecule has 3 aromatic rings. The zero-order valence-corrected chi connectivity index (χ0v) is 31.9. The SMILES string of the molecule is COC(=O)c1cc(F)c(-c2cccc3c2OCN(C(=O)c2c(Cl)cc(N4CCN(C(=O)OC(C)(C)C)C[C@H]4C)cc2Cl)C3)cc1N1C2CCC1COC2. The van der Waals surface area contributed by atoms with E-state index in [1.54, 1.807) is 35.2 Å². The number of rotatable bonds is 5. The number of amides is 2. The molecule has 4 aliphatic rings. The number of anilines is 2. The molecular formula is C39H43Cl2FN4O7. The number of nitrogens with zero attached hydrogens (tertiary/aromatic N) is 4. The van der Waals surface area contributed by atoms with Crippen molar-refractivity contribution in [1.29, 1.82) is 0 Å². The van der Waals surface area contributed by atoms with Crippen molar-refractivity contribution in [2.45, 2.75) is 70.8 Å². The van der Waals surface area contributed by atoms with Gasteiger partial charge < -0.3 is 38.5 Å². The predicted molar refractivity (Wildman–Crippen MR) is 200 cm³/mol. The number of morpholine rings is 1. The van der Waals surface area contributed by atoms with E-state index in [2.05, 4.69) is 9.80 Å². The lowest BCUT2D eigenvalue weighted by Crippen LogP contribution is -2.54. The van der Waals surface area contributed by atoms with Gasteiger partial charge in [-0.15, -0.1) is 0 Å². The fourth-order valence-corrected chi connectivity index (χ4v) is 8.45. The first-order valence-electron chi connectivity index (χ1n) is 17.8. The third-order valence-electron chi connectivity index (χ3n) is 10.3. The summed E-state index contributed by atoms with van der Waals surface area (Å²) < 4.78 is 38.5. The third-order valence-corrected chi connectivity index (χ3v) is 10.9. The molecule has 2 bridgehead atoms. The van der Waals surface area contributed by atoms with E-state index >= 15 is 4.39 Å². The summed E-state index contributed by atoms with van der Waals surface area (Å²) in [6.45, 7) is 10.0. The zero-order valence-electron chi connectivity index (χ0n) is 30.4. The minimum Gasteiger partial charge on any atom is -0.472 e. The predicted octanol–water partition coefficient (Wildman–Crippen LogP) is 7.39. The molecule has 3 saturated heterocycles. The van der Waals surface area contributed by atoms with Crippen molar-refractivity contribution in [3.63, 3.8) is 0 Å². The number of esters is 1. The second-order valence-corrected chi connectivity index (χ2v) is 15.8. The summed E-state index contributed by atoms with van der Waals surface area (Å²) in [4.78, 5) is 46.9. The van der Waals surface area contributed by atoms with Crippen LogP contribution in [0.15, 0.2) is 42.5 Å². The van der Waals surface area contributed by atoms with Crippen molar-refractivity contribution in [2.75, 3.05) is 56.5 Å². The Kier molecular flexibility index (Phi) is 10.2. The van der Waals surface area contributed by atoms with E-state index in [4.69, 9.17) is 42.1 Å². The van der Waals surface area contributed by atoms with Gasteiger partial charge in [-0.05, 0) is 64.8 Å². The van der Waals surface area contributed by atoms with Gasteiger partial charge in [-0.2, -0.15) is 0 Å². The van der Waals surface area contributed by atoms with Crippen LogP contribution in [-0.4, -0.2) is 98.2 Å². The Morgan fingerprint density at radius 3 is 2.28 bits per heavy atom. The second-order valence-electron chi connectivity index (χ2n) is 15.0. The number of methoxy groups -OCH3 is 1. The van der Waals surface area contributed by atoms with Gasteiger partial charge >= 0.3 is 12.1 Å². The molecule has 7 rings (SSSR count). The lowest BCUT2D eigenvalue weighted by molar-refractivity contribution is 0.0218. The normalized spacial score (nSPS) is 21.2. The molecule has 0 N–H and O–H groups in total. The van der Waals surface area contributed by atoms with Gasteiger partial charge in [0.25, 0.3) is 5.91 Å². The lowest BCUT2D eigenvalue weighted by atomic mass is 9.96. The Hall–Kier alpha value is -4.26. The van der Waals surface area contributed by atoms with E-state index in [-0.39, 0.29) is 64.2 Å². The molecule has 0 radical (unpaired) electrons. The van der Waals surface area contributed by atoms with Crippen LogP contribution in [0.25, 0.3) is 11.1 Å². The van der Waals surface area contributed by atoms with E-state index in [9.17, 15) is 14.4 Å². The first-order chi connectivity index (χ1) is 25.2. The van der Waals surface area contributed by atoms with Gasteiger partial charge in [0.2, 0.25) is 0 Å². The summed E-state index contributed by atoms with van der Waals surface area (Å²) >= 11 is 13.5. The number of halogens is 3. The number of hydrogen-bond donors (Lipinski definition) is 0. The number of carbonyl (C=O) groups excluding carboxylic acids is 3. The molecule has 11 nitrogen and oxygen atoms in total. The summed E-state index contributed by atoms with van der Waals surface area (Å²) in [5.74, 6) is -1.17. The van der Waals surface area contributed by atoms with Crippen LogP contribution in [0.5, 0.6) is 5.75 Å². The average molecular weight is 770 g/mol. The number of para-hydroxylation sites is 1. The van der Waals surface area contributed by atoms with E-state index < -0.39 is 23.3 Å². The van der Waals surface area contributed by atoms with Crippen molar-refractivity contribution in [3.8, 4) is 16.9 Å². The lowest BCUT2D eigenvalue weighted by Gasteiger charge is -2.41. The topological polar surface area (TPSA) is 101 Å². The third kappa shape index (κ3) is 7.20. The molecule has 0 spiro atoms. The summed E-state index contributed by atoms with van der Waals surface area (Å²) in [6.07, 6.45) is 1.47. The zero-order chi connectivity index (χ0) is 37.8. The van der Waals surface area contributed by atoms with Crippen LogP contribution in [0.3, 0.4) is 0 Å². The average Bonchev–Trinajstić information content (AvgIpc) is 3.36. The van der Waals surface area contributed by atoms with Gasteiger partial charge in [-0.1, -0.05) is 41.4 Å². The maximum absolute atomic E-state index is 16.0. The van der Waals surface area contributed by atoms with Crippen molar-refractivity contribution >= 4 is 52.5 Å². The number of hydrogen-bond acceptors (Lipinski definition) is 9. The Morgan fingerprint density at radius 1 is 0.943 bits per heavy atom. The van der Waals surface area contributed by atoms with Crippen LogP contribution in [0, 0.1) is 5.82 Å². The smallest absolute Gasteiger partial charge is 0.410 e. The van der Waals surface area contributed by atoms with Crippen LogP contribution in [0.2, 0.25) is 10.0 Å². The van der Waals surface area contributed by atoms with Gasteiger partial charge in [0, 0.05) is 48.1 Å². The van der Waals surface area contributed by atoms with Crippen molar-refractivity contribution in [2.24, 2.45) is 0 Å². The van der Waals surface area contributed by atoms with E-state index in [1.165, 1.54) is 18.1 Å². The number of fused-ring (bicyclic) bond motifs is 3. The highest BCUT2D eigenvalue weighted by atomic mass is 35.5. The molecule has 4 aliphatic heterocycles. The minimum atomic E-state index is -0.613. The highest BCUT2D eigenvalue weighted by Crippen LogP contribution is 2.44. The molecule has 4 heterocycles. The molecule has 14 heteroatoms. The first-order valence-corrected chi connectivity index (χ1v) is 18.6. The Morgan fingerprint density at radius 2 is 1.64 bits per heavy atom. The molecule has 282 valence electrons. The van der Waals surface area contributed by atoms with E-state index in [1.807, 2.05) is 33.8 Å². The molecule has 3 atom stereocenters. The quantitative estimate of drug-likeness (QED) is 0.246. The van der Waals surface area contributed by atoms with Crippen LogP contribution < -0.4 is 14.5 Å². The van der Waals surface area contributed by atoms with E-state index in [0.717, 1.165) is 18.5 Å². The Balaban J connectivity index is 1.11. The van der Waals surface area contributed by atoms with Crippen molar-refractivity contribution < 1.29 is 37.7 Å². The second kappa shape index (κ2) is 14.5. The maximum atomic E-state index is 16.0. The molecule has 0 aliphatic carbocycles. The van der Waals surface area contributed by atoms with Crippen molar-refractivity contribution in [3.05, 3.63) is 75.0 Å². The molecule has 3 fully saturated rings. The molecule has 2 amide bonds. The largest absolute Gasteiger partial charge is 0.472 e. The van der Waals surface area contributed by atoms with Crippen LogP contribution in [-0.2, 0) is 20.8 Å². The van der Waals surface area contributed by atoms with Crippen molar-refractivity contribution in [1.82, 2.24) is 9.80 Å². The molecule has 53 heavy (non-hydrogen) atoms. The van der Waals surface area contributed by atoms with Crippen LogP contribution in [0.4, 0.5) is 20.6 Å². The highest BCUT2D eigenvalue weighted by molar-refractivity contribution is 6.40. The number of piperazine rings is 1. The fourth-order valence-electron chi connectivity index (χ4n) is 7.81. The highest BCUT2D eigenvalue weighted by Gasteiger charge is 2.40. The molecular weight excluding hydrogens is 726 g/mol. The summed E-state index contributed by atoms with van der Waals surface area (Å²) in [5, 5.41) is 0.382. The number of carbonyl (C=O) groups is 3. The maximum Gasteiger partial charge on any atom is 0.410 e. The molecule has 3 aromatic carbocycles. The van der Waals surface area contributed by atoms with Gasteiger partial charge in [0.1, 0.15) is 17.2 Å². The Bertz CT molecular complexity index is 1920. The van der Waals surface area contributed by atoms with Gasteiger partial charge in [0.05, 0.1) is 65.8 Å². The summed E-state index contributed by atoms with van der Waals surface area (Å²) in [6, 6.07) is 11.8. The Labute approximate surface area is 318 Å². The monoisotopic (exact) mass is 768 g/mol. The molecule has 2 unspecified atom stereocenters.